The van der Waals surface area contributed by atoms with Gasteiger partial charge in [0.2, 0.25) is 10.0 Å². The predicted molar refractivity (Wildman–Crippen MR) is 129 cm³/mol. The van der Waals surface area contributed by atoms with Gasteiger partial charge in [-0.1, -0.05) is 54.1 Å². The number of benzene rings is 3. The first-order chi connectivity index (χ1) is 15.9. The highest BCUT2D eigenvalue weighted by Crippen LogP contribution is 2.29. The molecule has 166 valence electrons. The quantitative estimate of drug-likeness (QED) is 0.369. The summed E-state index contributed by atoms with van der Waals surface area (Å²) in [5.74, 6) is -0.626. The lowest BCUT2D eigenvalue weighted by molar-refractivity contribution is 0.553. The van der Waals surface area contributed by atoms with Crippen LogP contribution in [0.4, 0.5) is 0 Å². The Hall–Kier alpha value is -3.53. The third kappa shape index (κ3) is 4.51. The van der Waals surface area contributed by atoms with Crippen molar-refractivity contribution in [3.05, 3.63) is 93.8 Å². The molecule has 5 aromatic rings. The van der Waals surface area contributed by atoms with E-state index in [4.69, 9.17) is 9.40 Å². The Morgan fingerprint density at radius 1 is 1.00 bits per heavy atom. The Kier molecular flexibility index (Phi) is 5.45. The summed E-state index contributed by atoms with van der Waals surface area (Å²) in [5, 5.41) is 2.94. The molecular weight excluding hydrogens is 458 g/mol. The summed E-state index contributed by atoms with van der Waals surface area (Å²) in [5.41, 5.74) is 5.64. The summed E-state index contributed by atoms with van der Waals surface area (Å²) >= 11 is 1.57. The van der Waals surface area contributed by atoms with E-state index >= 15 is 0 Å². The average molecular weight is 478 g/mol. The molecule has 0 atom stereocenters. The molecule has 0 amide bonds. The maximum atomic E-state index is 12.7. The highest BCUT2D eigenvalue weighted by molar-refractivity contribution is 7.89. The van der Waals surface area contributed by atoms with Crippen LogP contribution in [0.15, 0.2) is 86.2 Å². The normalized spacial score (nSPS) is 11.8. The average Bonchev–Trinajstić information content (AvgIpc) is 3.44. The Morgan fingerprint density at radius 3 is 2.48 bits per heavy atom. The molecular formula is C24H19N3O4S2. The standard InChI is InChI=1S/C24H19N3O4S2/c1-15-2-6-17(7-3-15)21-14-32-23(26-21)18-8-4-16(5-9-18)13-25-33(29,30)19-10-11-20-22(12-19)31-24(28)27-20/h2-12,14,25H,13H2,1H3,(H,27,28). The van der Waals surface area contributed by atoms with Crippen LogP contribution in [0, 0.1) is 6.92 Å². The number of nitrogens with one attached hydrogen (secondary N) is 2. The zero-order valence-electron chi connectivity index (χ0n) is 17.5. The van der Waals surface area contributed by atoms with Crippen LogP contribution in [-0.4, -0.2) is 18.4 Å². The van der Waals surface area contributed by atoms with Crippen LogP contribution >= 0.6 is 11.3 Å². The molecule has 0 fully saturated rings. The van der Waals surface area contributed by atoms with E-state index < -0.39 is 15.8 Å². The van der Waals surface area contributed by atoms with Crippen LogP contribution in [0.3, 0.4) is 0 Å². The highest BCUT2D eigenvalue weighted by Gasteiger charge is 2.16. The Balaban J connectivity index is 1.28. The van der Waals surface area contributed by atoms with Gasteiger partial charge in [-0.05, 0) is 24.6 Å². The van der Waals surface area contributed by atoms with Crippen molar-refractivity contribution in [3.63, 3.8) is 0 Å². The van der Waals surface area contributed by atoms with Crippen molar-refractivity contribution < 1.29 is 12.8 Å². The molecule has 5 rings (SSSR count). The smallest absolute Gasteiger partial charge is 0.408 e. The first-order valence-electron chi connectivity index (χ1n) is 10.1. The van der Waals surface area contributed by atoms with E-state index in [-0.39, 0.29) is 17.0 Å². The van der Waals surface area contributed by atoms with E-state index in [0.717, 1.165) is 27.4 Å². The Bertz CT molecular complexity index is 1600. The molecule has 3 aromatic carbocycles. The molecule has 0 spiro atoms. The topological polar surface area (TPSA) is 105 Å². The van der Waals surface area contributed by atoms with Gasteiger partial charge in [0.1, 0.15) is 5.01 Å². The number of rotatable bonds is 6. The van der Waals surface area contributed by atoms with Crippen LogP contribution in [-0.2, 0) is 16.6 Å². The fourth-order valence-electron chi connectivity index (χ4n) is 3.38. The van der Waals surface area contributed by atoms with Crippen molar-refractivity contribution in [2.75, 3.05) is 0 Å². The molecule has 2 N–H and O–H groups in total. The van der Waals surface area contributed by atoms with E-state index in [1.165, 1.54) is 23.8 Å². The van der Waals surface area contributed by atoms with E-state index in [0.29, 0.717) is 5.52 Å². The molecule has 0 saturated carbocycles. The lowest BCUT2D eigenvalue weighted by Gasteiger charge is -2.07. The van der Waals surface area contributed by atoms with Crippen LogP contribution < -0.4 is 10.5 Å². The van der Waals surface area contributed by atoms with E-state index in [1.54, 1.807) is 11.3 Å². The molecule has 0 aliphatic carbocycles. The summed E-state index contributed by atoms with van der Waals surface area (Å²) in [6.07, 6.45) is 0. The lowest BCUT2D eigenvalue weighted by atomic mass is 10.1. The second-order valence-electron chi connectivity index (χ2n) is 7.60. The maximum absolute atomic E-state index is 12.7. The van der Waals surface area contributed by atoms with Crippen molar-refractivity contribution in [3.8, 4) is 21.8 Å². The van der Waals surface area contributed by atoms with Gasteiger partial charge in [0.05, 0.1) is 16.1 Å². The zero-order chi connectivity index (χ0) is 23.0. The molecule has 2 aromatic heterocycles. The molecule has 0 bridgehead atoms. The number of hydrogen-bond acceptors (Lipinski definition) is 6. The second-order valence-corrected chi connectivity index (χ2v) is 10.2. The van der Waals surface area contributed by atoms with Gasteiger partial charge in [-0.25, -0.2) is 22.9 Å². The number of aromatic nitrogens is 2. The molecule has 0 aliphatic heterocycles. The molecule has 0 unspecified atom stereocenters. The van der Waals surface area contributed by atoms with E-state index in [1.807, 2.05) is 29.6 Å². The molecule has 0 saturated heterocycles. The van der Waals surface area contributed by atoms with Crippen LogP contribution in [0.5, 0.6) is 0 Å². The van der Waals surface area contributed by atoms with E-state index in [9.17, 15) is 13.2 Å². The van der Waals surface area contributed by atoms with Gasteiger partial charge in [-0.2, -0.15) is 0 Å². The first-order valence-corrected chi connectivity index (χ1v) is 12.5. The molecule has 0 aliphatic rings. The molecule has 2 heterocycles. The van der Waals surface area contributed by atoms with Crippen molar-refractivity contribution in [1.82, 2.24) is 14.7 Å². The summed E-state index contributed by atoms with van der Waals surface area (Å²) in [7, 11) is -3.77. The summed E-state index contributed by atoms with van der Waals surface area (Å²) in [6, 6.07) is 20.1. The van der Waals surface area contributed by atoms with Crippen molar-refractivity contribution in [2.45, 2.75) is 18.4 Å². The number of thiazole rings is 1. The Morgan fingerprint density at radius 2 is 1.73 bits per heavy atom. The van der Waals surface area contributed by atoms with Crippen LogP contribution in [0.25, 0.3) is 32.9 Å². The number of oxazole rings is 1. The molecule has 33 heavy (non-hydrogen) atoms. The van der Waals surface area contributed by atoms with Gasteiger partial charge in [-0.15, -0.1) is 11.3 Å². The number of hydrogen-bond donors (Lipinski definition) is 2. The summed E-state index contributed by atoms with van der Waals surface area (Å²) in [6.45, 7) is 2.18. The predicted octanol–water partition coefficient (Wildman–Crippen LogP) is 4.70. The number of sulfonamides is 1. The molecule has 0 radical (unpaired) electrons. The highest BCUT2D eigenvalue weighted by atomic mass is 32.2. The van der Waals surface area contributed by atoms with Crippen molar-refractivity contribution in [1.29, 1.82) is 0 Å². The molecule has 7 nitrogen and oxygen atoms in total. The minimum atomic E-state index is -3.77. The number of aryl methyl sites for hydroxylation is 1. The fraction of sp³-hybridized carbons (Fsp3) is 0.0833. The van der Waals surface area contributed by atoms with Gasteiger partial charge >= 0.3 is 5.76 Å². The molecule has 9 heteroatoms. The van der Waals surface area contributed by atoms with E-state index in [2.05, 4.69) is 40.9 Å². The lowest BCUT2D eigenvalue weighted by Crippen LogP contribution is -2.23. The largest absolute Gasteiger partial charge is 0.417 e. The minimum Gasteiger partial charge on any atom is -0.408 e. The Labute approximate surface area is 193 Å². The minimum absolute atomic E-state index is 0.0285. The zero-order valence-corrected chi connectivity index (χ0v) is 19.2. The second kappa shape index (κ2) is 8.43. The van der Waals surface area contributed by atoms with Gasteiger partial charge in [0, 0.05) is 29.1 Å². The van der Waals surface area contributed by atoms with Gasteiger partial charge in [0.25, 0.3) is 0 Å². The maximum Gasteiger partial charge on any atom is 0.417 e. The van der Waals surface area contributed by atoms with Crippen molar-refractivity contribution in [2.24, 2.45) is 0 Å². The summed E-state index contributed by atoms with van der Waals surface area (Å²) < 4.78 is 32.8. The van der Waals surface area contributed by atoms with Crippen molar-refractivity contribution >= 4 is 32.5 Å². The third-order valence-electron chi connectivity index (χ3n) is 5.22. The van der Waals surface area contributed by atoms with Crippen LogP contribution in [0.2, 0.25) is 0 Å². The third-order valence-corrected chi connectivity index (χ3v) is 7.51. The summed E-state index contributed by atoms with van der Waals surface area (Å²) in [4.78, 5) is 18.5. The van der Waals surface area contributed by atoms with Gasteiger partial charge in [-0.3, -0.25) is 4.98 Å². The number of aromatic amines is 1. The monoisotopic (exact) mass is 477 g/mol. The van der Waals surface area contributed by atoms with Gasteiger partial charge < -0.3 is 4.42 Å². The van der Waals surface area contributed by atoms with Gasteiger partial charge in [0.15, 0.2) is 5.58 Å². The van der Waals surface area contributed by atoms with Crippen LogP contribution in [0.1, 0.15) is 11.1 Å². The first kappa shape index (κ1) is 21.3. The fourth-order valence-corrected chi connectivity index (χ4v) is 5.25. The number of fused-ring (bicyclic) bond motifs is 1. The number of H-pyrrole nitrogens is 1. The SMILES string of the molecule is Cc1ccc(-c2csc(-c3ccc(CNS(=O)(=O)c4ccc5[nH]c(=O)oc5c4)cc3)n2)cc1. The number of nitrogens with zero attached hydrogens (tertiary/aromatic N) is 1.